The molecule has 0 amide bonds. The third-order valence-electron chi connectivity index (χ3n) is 1.56. The Morgan fingerprint density at radius 2 is 2.21 bits per heavy atom. The minimum atomic E-state index is 0.321. The summed E-state index contributed by atoms with van der Waals surface area (Å²) in [7, 11) is 0. The van der Waals surface area contributed by atoms with Gasteiger partial charge in [-0.3, -0.25) is 0 Å². The second kappa shape index (κ2) is 3.44. The number of rotatable bonds is 1. The molecule has 0 saturated heterocycles. The fourth-order valence-electron chi connectivity index (χ4n) is 0.937. The van der Waals surface area contributed by atoms with Crippen LogP contribution in [0, 0.1) is 11.3 Å². The van der Waals surface area contributed by atoms with Crippen LogP contribution < -0.4 is 0 Å². The third-order valence-corrected chi connectivity index (χ3v) is 1.77. The summed E-state index contributed by atoms with van der Waals surface area (Å²) in [5.41, 5.74) is 0.474. The van der Waals surface area contributed by atoms with E-state index in [1.54, 1.807) is 18.3 Å². The molecule has 0 radical (unpaired) electrons. The van der Waals surface area contributed by atoms with Crippen molar-refractivity contribution in [1.29, 1.82) is 5.26 Å². The van der Waals surface area contributed by atoms with Gasteiger partial charge in [0.25, 0.3) is 0 Å². The zero-order valence-electron chi connectivity index (χ0n) is 6.92. The standard InChI is InChI=1S/C8H4ClN5/c9-7-1-2-8(13-12-7)14-5-6(3-10)4-11-14/h1-2,4-5H. The molecule has 0 aliphatic rings. The summed E-state index contributed by atoms with van der Waals surface area (Å²) in [6.07, 6.45) is 3.02. The van der Waals surface area contributed by atoms with Gasteiger partial charge in [0, 0.05) is 0 Å². The molecule has 14 heavy (non-hydrogen) atoms. The van der Waals surface area contributed by atoms with E-state index < -0.39 is 0 Å². The van der Waals surface area contributed by atoms with E-state index in [1.807, 2.05) is 6.07 Å². The Morgan fingerprint density at radius 3 is 2.79 bits per heavy atom. The number of aromatic nitrogens is 4. The van der Waals surface area contributed by atoms with Gasteiger partial charge in [0.15, 0.2) is 11.0 Å². The molecule has 0 unspecified atom stereocenters. The molecule has 0 fully saturated rings. The number of hydrogen-bond donors (Lipinski definition) is 0. The third kappa shape index (κ3) is 1.56. The highest BCUT2D eigenvalue weighted by Crippen LogP contribution is 2.06. The number of hydrogen-bond acceptors (Lipinski definition) is 4. The summed E-state index contributed by atoms with van der Waals surface area (Å²) in [6.45, 7) is 0. The molecule has 0 aliphatic heterocycles. The number of nitrogens with zero attached hydrogens (tertiary/aromatic N) is 5. The second-order valence-electron chi connectivity index (χ2n) is 2.50. The van der Waals surface area contributed by atoms with Crippen molar-refractivity contribution in [2.24, 2.45) is 0 Å². The Labute approximate surface area is 84.6 Å². The molecule has 0 bridgehead atoms. The van der Waals surface area contributed by atoms with Crippen LogP contribution in [0.4, 0.5) is 0 Å². The van der Waals surface area contributed by atoms with E-state index in [4.69, 9.17) is 16.9 Å². The maximum Gasteiger partial charge on any atom is 0.175 e. The summed E-state index contributed by atoms with van der Waals surface area (Å²) in [6, 6.07) is 5.25. The second-order valence-corrected chi connectivity index (χ2v) is 2.89. The topological polar surface area (TPSA) is 67.4 Å². The van der Waals surface area contributed by atoms with Gasteiger partial charge in [-0.25, -0.2) is 4.68 Å². The Morgan fingerprint density at radius 1 is 1.36 bits per heavy atom. The van der Waals surface area contributed by atoms with Crippen molar-refractivity contribution in [3.63, 3.8) is 0 Å². The lowest BCUT2D eigenvalue weighted by atomic mass is 10.4. The highest BCUT2D eigenvalue weighted by Gasteiger charge is 2.01. The van der Waals surface area contributed by atoms with Crippen molar-refractivity contribution in [2.45, 2.75) is 0 Å². The van der Waals surface area contributed by atoms with Crippen molar-refractivity contribution in [3.8, 4) is 11.9 Å². The van der Waals surface area contributed by atoms with Crippen LogP contribution in [0.5, 0.6) is 0 Å². The van der Waals surface area contributed by atoms with Gasteiger partial charge in [-0.15, -0.1) is 10.2 Å². The molecule has 0 spiro atoms. The van der Waals surface area contributed by atoms with E-state index in [-0.39, 0.29) is 0 Å². The molecular formula is C8H4ClN5. The lowest BCUT2D eigenvalue weighted by molar-refractivity contribution is 0.814. The summed E-state index contributed by atoms with van der Waals surface area (Å²) >= 11 is 5.58. The molecular weight excluding hydrogens is 202 g/mol. The van der Waals surface area contributed by atoms with Crippen LogP contribution in [0.3, 0.4) is 0 Å². The smallest absolute Gasteiger partial charge is 0.175 e. The van der Waals surface area contributed by atoms with Crippen LogP contribution >= 0.6 is 11.6 Å². The van der Waals surface area contributed by atoms with Crippen LogP contribution in [0.1, 0.15) is 5.56 Å². The Balaban J connectivity index is 2.40. The monoisotopic (exact) mass is 205 g/mol. The zero-order valence-corrected chi connectivity index (χ0v) is 7.68. The van der Waals surface area contributed by atoms with Crippen molar-refractivity contribution in [3.05, 3.63) is 35.2 Å². The predicted molar refractivity (Wildman–Crippen MR) is 48.9 cm³/mol. The van der Waals surface area contributed by atoms with Gasteiger partial charge in [-0.1, -0.05) is 11.6 Å². The number of halogens is 1. The van der Waals surface area contributed by atoms with Crippen molar-refractivity contribution in [1.82, 2.24) is 20.0 Å². The average Bonchev–Trinajstić information content (AvgIpc) is 2.67. The molecule has 0 aromatic carbocycles. The summed E-state index contributed by atoms with van der Waals surface area (Å²) in [5.74, 6) is 0.524. The molecule has 68 valence electrons. The minimum Gasteiger partial charge on any atom is -0.219 e. The first kappa shape index (κ1) is 8.66. The van der Waals surface area contributed by atoms with E-state index >= 15 is 0 Å². The van der Waals surface area contributed by atoms with Gasteiger partial charge in [0.05, 0.1) is 18.0 Å². The fraction of sp³-hybridized carbons (Fsp3) is 0. The van der Waals surface area contributed by atoms with Gasteiger partial charge in [0.2, 0.25) is 0 Å². The summed E-state index contributed by atoms with van der Waals surface area (Å²) < 4.78 is 1.46. The lowest BCUT2D eigenvalue weighted by Crippen LogP contribution is -1.98. The first-order valence-electron chi connectivity index (χ1n) is 3.74. The van der Waals surface area contributed by atoms with Crippen LogP contribution in [0.2, 0.25) is 5.15 Å². The molecule has 0 atom stereocenters. The summed E-state index contributed by atoms with van der Waals surface area (Å²) in [4.78, 5) is 0. The van der Waals surface area contributed by atoms with Gasteiger partial charge < -0.3 is 0 Å². The molecule has 2 aromatic heterocycles. The predicted octanol–water partition coefficient (Wildman–Crippen LogP) is 1.19. The fourth-order valence-corrected chi connectivity index (χ4v) is 1.04. The largest absolute Gasteiger partial charge is 0.219 e. The highest BCUT2D eigenvalue weighted by atomic mass is 35.5. The maximum atomic E-state index is 8.58. The Hall–Kier alpha value is -1.93. The molecule has 2 heterocycles. The van der Waals surface area contributed by atoms with Crippen LogP contribution in [0.25, 0.3) is 5.82 Å². The van der Waals surface area contributed by atoms with E-state index in [0.717, 1.165) is 0 Å². The molecule has 0 aliphatic carbocycles. The number of nitriles is 1. The van der Waals surface area contributed by atoms with E-state index in [0.29, 0.717) is 16.5 Å². The normalized spacial score (nSPS) is 9.71. The SMILES string of the molecule is N#Cc1cnn(-c2ccc(Cl)nn2)c1. The molecule has 6 heteroatoms. The van der Waals surface area contributed by atoms with Crippen molar-refractivity contribution >= 4 is 11.6 Å². The van der Waals surface area contributed by atoms with Crippen LogP contribution in [-0.2, 0) is 0 Å². The first-order valence-corrected chi connectivity index (χ1v) is 4.12. The zero-order chi connectivity index (χ0) is 9.97. The quantitative estimate of drug-likeness (QED) is 0.701. The summed E-state index contributed by atoms with van der Waals surface area (Å²) in [5, 5.41) is 20.3. The molecule has 0 N–H and O–H groups in total. The first-order chi connectivity index (χ1) is 6.79. The van der Waals surface area contributed by atoms with E-state index in [9.17, 15) is 0 Å². The van der Waals surface area contributed by atoms with Crippen molar-refractivity contribution in [2.75, 3.05) is 0 Å². The van der Waals surface area contributed by atoms with Gasteiger partial charge >= 0.3 is 0 Å². The van der Waals surface area contributed by atoms with Crippen LogP contribution in [0.15, 0.2) is 24.5 Å². The van der Waals surface area contributed by atoms with Gasteiger partial charge in [-0.05, 0) is 12.1 Å². The maximum absolute atomic E-state index is 8.58. The Bertz CT molecular complexity index is 481. The molecule has 0 saturated carbocycles. The Kier molecular flexibility index (Phi) is 2.13. The van der Waals surface area contributed by atoms with Crippen LogP contribution in [-0.4, -0.2) is 20.0 Å². The molecule has 2 rings (SSSR count). The highest BCUT2D eigenvalue weighted by molar-refractivity contribution is 6.29. The van der Waals surface area contributed by atoms with Gasteiger partial charge in [-0.2, -0.15) is 10.4 Å². The van der Waals surface area contributed by atoms with E-state index in [1.165, 1.54) is 10.9 Å². The molecule has 2 aromatic rings. The van der Waals surface area contributed by atoms with E-state index in [2.05, 4.69) is 15.3 Å². The van der Waals surface area contributed by atoms with Crippen molar-refractivity contribution < 1.29 is 0 Å². The van der Waals surface area contributed by atoms with Gasteiger partial charge in [0.1, 0.15) is 6.07 Å². The lowest BCUT2D eigenvalue weighted by Gasteiger charge is -1.96. The minimum absolute atomic E-state index is 0.321. The average molecular weight is 206 g/mol. The molecule has 5 nitrogen and oxygen atoms in total.